The minimum atomic E-state index is -0.889. The van der Waals surface area contributed by atoms with Crippen molar-refractivity contribution in [2.45, 2.75) is 0 Å². The van der Waals surface area contributed by atoms with E-state index in [0.717, 1.165) is 0 Å². The first kappa shape index (κ1) is 25.8. The lowest BCUT2D eigenvalue weighted by Crippen LogP contribution is -2.15. The first-order valence-corrected chi connectivity index (χ1v) is 11.4. The summed E-state index contributed by atoms with van der Waals surface area (Å²) in [5.74, 6) is -3.16. The van der Waals surface area contributed by atoms with Gasteiger partial charge in [-0.15, -0.1) is 0 Å². The molecule has 0 saturated heterocycles. The number of hydrogen-bond donors (Lipinski definition) is 2. The van der Waals surface area contributed by atoms with E-state index in [1.807, 2.05) is 0 Å². The fourth-order valence-corrected chi connectivity index (χ4v) is 3.80. The van der Waals surface area contributed by atoms with Crippen molar-refractivity contribution in [1.29, 1.82) is 0 Å². The third kappa shape index (κ3) is 5.15. The van der Waals surface area contributed by atoms with Crippen molar-refractivity contribution in [1.82, 2.24) is 0 Å². The van der Waals surface area contributed by atoms with Crippen molar-refractivity contribution in [2.24, 2.45) is 0 Å². The van der Waals surface area contributed by atoms with E-state index in [1.54, 1.807) is 24.3 Å². The number of ether oxygens (including phenoxy) is 2. The Morgan fingerprint density at radius 1 is 0.500 bits per heavy atom. The molecule has 0 bridgehead atoms. The van der Waals surface area contributed by atoms with Gasteiger partial charge in [0.1, 0.15) is 23.0 Å². The summed E-state index contributed by atoms with van der Waals surface area (Å²) in [7, 11) is 2.96. The molecule has 4 rings (SSSR count). The summed E-state index contributed by atoms with van der Waals surface area (Å²) in [5, 5.41) is 21.0. The Morgan fingerprint density at radius 2 is 0.842 bits per heavy atom. The molecule has 0 aromatic heterocycles. The average molecular weight is 510 g/mol. The van der Waals surface area contributed by atoms with Crippen LogP contribution in [-0.4, -0.2) is 47.6 Å². The van der Waals surface area contributed by atoms with Crippen LogP contribution in [0.3, 0.4) is 0 Å². The van der Waals surface area contributed by atoms with E-state index in [1.165, 1.54) is 74.9 Å². The Kier molecular flexibility index (Phi) is 7.34. The van der Waals surface area contributed by atoms with E-state index in [-0.39, 0.29) is 22.3 Å². The van der Waals surface area contributed by atoms with Crippen molar-refractivity contribution in [3.8, 4) is 34.1 Å². The van der Waals surface area contributed by atoms with Crippen LogP contribution in [0.1, 0.15) is 41.4 Å². The van der Waals surface area contributed by atoms with Gasteiger partial charge >= 0.3 is 0 Å². The van der Waals surface area contributed by atoms with Gasteiger partial charge in [-0.1, -0.05) is 12.1 Å². The normalized spacial score (nSPS) is 10.5. The Morgan fingerprint density at radius 3 is 1.13 bits per heavy atom. The molecule has 0 spiro atoms. The van der Waals surface area contributed by atoms with E-state index in [2.05, 4.69) is 0 Å². The smallest absolute Gasteiger partial charge is 0.237 e. The summed E-state index contributed by atoms with van der Waals surface area (Å²) >= 11 is 0. The zero-order chi connectivity index (χ0) is 27.4. The molecule has 0 heterocycles. The van der Waals surface area contributed by atoms with Gasteiger partial charge in [-0.05, 0) is 83.9 Å². The molecule has 0 saturated carbocycles. The van der Waals surface area contributed by atoms with Crippen molar-refractivity contribution >= 4 is 23.1 Å². The highest BCUT2D eigenvalue weighted by Gasteiger charge is 2.24. The lowest BCUT2D eigenvalue weighted by atomic mass is 9.95. The second kappa shape index (κ2) is 10.8. The molecule has 4 aromatic rings. The molecule has 0 fully saturated rings. The lowest BCUT2D eigenvalue weighted by molar-refractivity contribution is 0.0815. The highest BCUT2D eigenvalue weighted by Crippen LogP contribution is 2.31. The molecule has 0 radical (unpaired) electrons. The number of Topliss-reactive ketones (excluding diaryl/α,β-unsaturated/α-hetero) is 4. The van der Waals surface area contributed by atoms with Crippen LogP contribution in [0, 0.1) is 0 Å². The van der Waals surface area contributed by atoms with Gasteiger partial charge in [0.25, 0.3) is 0 Å². The standard InChI is InChI=1S/C30H22O8/c1-37-21-9-3-17(4-10-21)27(33)29(35)23-13-7-19(15-25(23)31)20-8-14-24(26(32)16-20)30(36)28(34)18-5-11-22(38-2)12-6-18/h3-16,31-32H,1-2H3. The third-order valence-electron chi connectivity index (χ3n) is 5.93. The molecule has 0 aliphatic heterocycles. The summed E-state index contributed by atoms with van der Waals surface area (Å²) in [5.41, 5.74) is 0.743. The molecule has 0 amide bonds. The number of ketones is 4. The Bertz CT molecular complexity index is 1430. The largest absolute Gasteiger partial charge is 0.507 e. The molecule has 8 heteroatoms. The number of rotatable bonds is 9. The molecular formula is C30H22O8. The molecule has 190 valence electrons. The number of benzene rings is 4. The first-order valence-electron chi connectivity index (χ1n) is 11.4. The van der Waals surface area contributed by atoms with Crippen molar-refractivity contribution in [3.63, 3.8) is 0 Å². The van der Waals surface area contributed by atoms with Crippen molar-refractivity contribution in [2.75, 3.05) is 14.2 Å². The SMILES string of the molecule is COc1ccc(C(=O)C(=O)c2ccc(-c3ccc(C(=O)C(=O)c4ccc(OC)cc4)c(O)c3)cc2O)cc1. The number of aromatic hydroxyl groups is 2. The number of carbonyl (C=O) groups is 4. The average Bonchev–Trinajstić information content (AvgIpc) is 2.95. The lowest BCUT2D eigenvalue weighted by Gasteiger charge is -2.09. The van der Waals surface area contributed by atoms with Gasteiger partial charge in [-0.2, -0.15) is 0 Å². The predicted octanol–water partition coefficient (Wildman–Crippen LogP) is 4.91. The molecule has 0 aliphatic rings. The second-order valence-electron chi connectivity index (χ2n) is 8.24. The van der Waals surface area contributed by atoms with Crippen molar-refractivity contribution in [3.05, 3.63) is 107 Å². The maximum atomic E-state index is 12.7. The van der Waals surface area contributed by atoms with E-state index >= 15 is 0 Å². The fraction of sp³-hybridized carbons (Fsp3) is 0.0667. The van der Waals surface area contributed by atoms with Crippen molar-refractivity contribution < 1.29 is 38.9 Å². The first-order chi connectivity index (χ1) is 18.2. The summed E-state index contributed by atoms with van der Waals surface area (Å²) < 4.78 is 10.1. The van der Waals surface area contributed by atoms with Gasteiger partial charge in [-0.25, -0.2) is 0 Å². The number of carbonyl (C=O) groups excluding carboxylic acids is 4. The predicted molar refractivity (Wildman–Crippen MR) is 139 cm³/mol. The molecule has 4 aromatic carbocycles. The van der Waals surface area contributed by atoms with E-state index in [4.69, 9.17) is 9.47 Å². The Labute approximate surface area is 217 Å². The van der Waals surface area contributed by atoms with Gasteiger partial charge < -0.3 is 19.7 Å². The highest BCUT2D eigenvalue weighted by molar-refractivity contribution is 6.50. The monoisotopic (exact) mass is 510 g/mol. The molecule has 0 unspecified atom stereocenters. The fourth-order valence-electron chi connectivity index (χ4n) is 3.80. The topological polar surface area (TPSA) is 127 Å². The van der Waals surface area contributed by atoms with E-state index in [0.29, 0.717) is 22.6 Å². The number of phenols is 2. The van der Waals surface area contributed by atoms with Gasteiger partial charge in [-0.3, -0.25) is 19.2 Å². The number of phenolic OH excluding ortho intramolecular Hbond substituents is 2. The van der Waals surface area contributed by atoms with Crippen LogP contribution < -0.4 is 9.47 Å². The molecule has 0 aliphatic carbocycles. The summed E-state index contributed by atoms with van der Waals surface area (Å²) in [4.78, 5) is 50.6. The van der Waals surface area contributed by atoms with Gasteiger partial charge in [0.05, 0.1) is 25.3 Å². The summed E-state index contributed by atoms with van der Waals surface area (Å²) in [6, 6.07) is 20.2. The second-order valence-corrected chi connectivity index (χ2v) is 8.24. The molecule has 2 N–H and O–H groups in total. The van der Waals surface area contributed by atoms with Gasteiger partial charge in [0.2, 0.25) is 23.1 Å². The van der Waals surface area contributed by atoms with Crippen LogP contribution in [0.15, 0.2) is 84.9 Å². The molecule has 38 heavy (non-hydrogen) atoms. The van der Waals surface area contributed by atoms with Crippen LogP contribution >= 0.6 is 0 Å². The Balaban J connectivity index is 1.54. The van der Waals surface area contributed by atoms with Crippen LogP contribution in [0.5, 0.6) is 23.0 Å². The zero-order valence-corrected chi connectivity index (χ0v) is 20.4. The van der Waals surface area contributed by atoms with E-state index in [9.17, 15) is 29.4 Å². The molecule has 0 atom stereocenters. The number of methoxy groups -OCH3 is 2. The summed E-state index contributed by atoms with van der Waals surface area (Å²) in [6.45, 7) is 0. The van der Waals surface area contributed by atoms with Gasteiger partial charge in [0.15, 0.2) is 0 Å². The number of hydrogen-bond acceptors (Lipinski definition) is 8. The maximum Gasteiger partial charge on any atom is 0.237 e. The van der Waals surface area contributed by atoms with Crippen LogP contribution in [-0.2, 0) is 0 Å². The van der Waals surface area contributed by atoms with Crippen LogP contribution in [0.25, 0.3) is 11.1 Å². The van der Waals surface area contributed by atoms with Gasteiger partial charge in [0, 0.05) is 11.1 Å². The zero-order valence-electron chi connectivity index (χ0n) is 20.4. The Hall–Kier alpha value is -5.24. The summed E-state index contributed by atoms with van der Waals surface area (Å²) in [6.07, 6.45) is 0. The molecule has 8 nitrogen and oxygen atoms in total. The minimum absolute atomic E-state index is 0.147. The molecular weight excluding hydrogens is 488 g/mol. The highest BCUT2D eigenvalue weighted by atomic mass is 16.5. The van der Waals surface area contributed by atoms with Crippen LogP contribution in [0.4, 0.5) is 0 Å². The maximum absolute atomic E-state index is 12.7. The van der Waals surface area contributed by atoms with Crippen LogP contribution in [0.2, 0.25) is 0 Å². The third-order valence-corrected chi connectivity index (χ3v) is 5.93. The van der Waals surface area contributed by atoms with E-state index < -0.39 is 34.6 Å². The quantitative estimate of drug-likeness (QED) is 0.240. The minimum Gasteiger partial charge on any atom is -0.507 e.